The number of allylic oxidation sites excluding steroid dienone is 1. The van der Waals surface area contributed by atoms with Crippen molar-refractivity contribution in [3.8, 4) is 0 Å². The van der Waals surface area contributed by atoms with Gasteiger partial charge in [0.25, 0.3) is 0 Å². The Kier molecular flexibility index (Phi) is 7.45. The van der Waals surface area contributed by atoms with E-state index in [1.165, 1.54) is 6.92 Å². The van der Waals surface area contributed by atoms with E-state index in [-0.39, 0.29) is 18.1 Å². The molecule has 124 valence electrons. The number of esters is 2. The quantitative estimate of drug-likeness (QED) is 0.357. The largest absolute Gasteiger partial charge is 0.510 e. The lowest BCUT2D eigenvalue weighted by atomic mass is 10.2. The van der Waals surface area contributed by atoms with Gasteiger partial charge in [0, 0.05) is 0 Å². The van der Waals surface area contributed by atoms with Gasteiger partial charge in [-0.2, -0.15) is 5.11 Å². The van der Waals surface area contributed by atoms with Gasteiger partial charge in [0.15, 0.2) is 0 Å². The summed E-state index contributed by atoms with van der Waals surface area (Å²) in [6.45, 7) is 5.41. The molecule has 1 aromatic rings. The van der Waals surface area contributed by atoms with Crippen LogP contribution in [0.1, 0.15) is 37.6 Å². The molecular weight excluding hydrogens is 300 g/mol. The minimum Gasteiger partial charge on any atom is -0.510 e. The molecule has 0 fully saturated rings. The maximum absolute atomic E-state index is 11.7. The number of nitrogens with zero attached hydrogens (tertiary/aromatic N) is 2. The second kappa shape index (κ2) is 9.34. The van der Waals surface area contributed by atoms with Crippen LogP contribution in [0.5, 0.6) is 0 Å². The van der Waals surface area contributed by atoms with Crippen molar-refractivity contribution >= 4 is 17.6 Å². The fraction of sp³-hybridized carbons (Fsp3) is 0.375. The van der Waals surface area contributed by atoms with E-state index in [1.54, 1.807) is 31.2 Å². The van der Waals surface area contributed by atoms with Gasteiger partial charge in [-0.1, -0.05) is 6.92 Å². The number of azo groups is 1. The summed E-state index contributed by atoms with van der Waals surface area (Å²) in [5, 5.41) is 17.0. The van der Waals surface area contributed by atoms with E-state index in [2.05, 4.69) is 10.2 Å². The molecule has 0 aliphatic carbocycles. The van der Waals surface area contributed by atoms with Crippen molar-refractivity contribution in [1.29, 1.82) is 0 Å². The SMILES string of the molecule is CCCOC(=O)c1ccc(N=NC(C(=O)OCC)=C(C)O)cc1. The van der Waals surface area contributed by atoms with Crippen molar-refractivity contribution in [2.45, 2.75) is 27.2 Å². The highest BCUT2D eigenvalue weighted by Gasteiger charge is 2.14. The molecule has 0 spiro atoms. The zero-order chi connectivity index (χ0) is 17.2. The summed E-state index contributed by atoms with van der Waals surface area (Å²) in [7, 11) is 0. The van der Waals surface area contributed by atoms with Crippen molar-refractivity contribution in [2.24, 2.45) is 10.2 Å². The van der Waals surface area contributed by atoms with Crippen LogP contribution in [0.25, 0.3) is 0 Å². The highest BCUT2D eigenvalue weighted by molar-refractivity contribution is 5.90. The molecule has 0 bridgehead atoms. The minimum absolute atomic E-state index is 0.166. The predicted molar refractivity (Wildman–Crippen MR) is 83.5 cm³/mol. The number of carbonyl (C=O) groups excluding carboxylic acids is 2. The number of aliphatic hydroxyl groups excluding tert-OH is 1. The van der Waals surface area contributed by atoms with E-state index in [9.17, 15) is 14.7 Å². The van der Waals surface area contributed by atoms with Gasteiger partial charge < -0.3 is 14.6 Å². The van der Waals surface area contributed by atoms with Crippen LogP contribution in [0, 0.1) is 0 Å². The first-order valence-electron chi connectivity index (χ1n) is 7.25. The number of ether oxygens (including phenoxy) is 2. The molecule has 0 saturated heterocycles. The minimum atomic E-state index is -0.754. The number of hydrogen-bond donors (Lipinski definition) is 1. The molecule has 0 aliphatic heterocycles. The van der Waals surface area contributed by atoms with Crippen molar-refractivity contribution < 1.29 is 24.2 Å². The summed E-state index contributed by atoms with van der Waals surface area (Å²) >= 11 is 0. The average molecular weight is 320 g/mol. The zero-order valence-corrected chi connectivity index (χ0v) is 13.4. The highest BCUT2D eigenvalue weighted by Crippen LogP contribution is 2.17. The fourth-order valence-electron chi connectivity index (χ4n) is 1.51. The standard InChI is InChI=1S/C16H20N2O5/c1-4-10-23-15(20)12-6-8-13(9-7-12)17-18-14(11(3)19)16(21)22-5-2/h6-9,19H,4-5,10H2,1-3H3. The molecule has 7 nitrogen and oxygen atoms in total. The van der Waals surface area contributed by atoms with E-state index in [0.717, 1.165) is 6.42 Å². The van der Waals surface area contributed by atoms with Crippen LogP contribution in [0.15, 0.2) is 46.0 Å². The Balaban J connectivity index is 2.82. The third-order valence-corrected chi connectivity index (χ3v) is 2.62. The predicted octanol–water partition coefficient (Wildman–Crippen LogP) is 3.69. The third-order valence-electron chi connectivity index (χ3n) is 2.62. The van der Waals surface area contributed by atoms with Crippen LogP contribution >= 0.6 is 0 Å². The van der Waals surface area contributed by atoms with Crippen molar-refractivity contribution in [1.82, 2.24) is 0 Å². The third kappa shape index (κ3) is 5.90. The van der Waals surface area contributed by atoms with E-state index in [0.29, 0.717) is 17.9 Å². The molecule has 0 radical (unpaired) electrons. The lowest BCUT2D eigenvalue weighted by Gasteiger charge is -2.03. The van der Waals surface area contributed by atoms with Crippen LogP contribution < -0.4 is 0 Å². The van der Waals surface area contributed by atoms with E-state index < -0.39 is 11.9 Å². The molecule has 1 aromatic carbocycles. The average Bonchev–Trinajstić information content (AvgIpc) is 2.53. The zero-order valence-electron chi connectivity index (χ0n) is 13.4. The number of hydrogen-bond acceptors (Lipinski definition) is 7. The van der Waals surface area contributed by atoms with Crippen molar-refractivity contribution in [2.75, 3.05) is 13.2 Å². The Morgan fingerprint density at radius 3 is 2.30 bits per heavy atom. The highest BCUT2D eigenvalue weighted by atomic mass is 16.5. The second-order valence-electron chi connectivity index (χ2n) is 4.54. The van der Waals surface area contributed by atoms with Gasteiger partial charge in [0.1, 0.15) is 5.76 Å². The molecule has 0 aromatic heterocycles. The van der Waals surface area contributed by atoms with Crippen LogP contribution in [0.3, 0.4) is 0 Å². The van der Waals surface area contributed by atoms with Crippen LogP contribution in [0.4, 0.5) is 5.69 Å². The van der Waals surface area contributed by atoms with Crippen molar-refractivity contribution in [3.63, 3.8) is 0 Å². The summed E-state index contributed by atoms with van der Waals surface area (Å²) < 4.78 is 9.78. The van der Waals surface area contributed by atoms with Gasteiger partial charge in [-0.15, -0.1) is 5.11 Å². The van der Waals surface area contributed by atoms with E-state index >= 15 is 0 Å². The molecule has 1 N–H and O–H groups in total. The molecular formula is C16H20N2O5. The Morgan fingerprint density at radius 2 is 1.78 bits per heavy atom. The molecule has 0 atom stereocenters. The summed E-state index contributed by atoms with van der Waals surface area (Å²) in [5.41, 5.74) is 0.551. The number of rotatable bonds is 7. The van der Waals surface area contributed by atoms with E-state index in [1.807, 2.05) is 6.92 Å². The van der Waals surface area contributed by atoms with E-state index in [4.69, 9.17) is 9.47 Å². The normalized spacial score (nSPS) is 12.0. The Hall–Kier alpha value is -2.70. The lowest BCUT2D eigenvalue weighted by Crippen LogP contribution is -2.07. The molecule has 0 saturated carbocycles. The molecule has 0 unspecified atom stereocenters. The lowest BCUT2D eigenvalue weighted by molar-refractivity contribution is -0.138. The molecule has 0 heterocycles. The van der Waals surface area contributed by atoms with Crippen molar-refractivity contribution in [3.05, 3.63) is 41.3 Å². The Labute approximate surface area is 134 Å². The van der Waals surface area contributed by atoms with Crippen LogP contribution in [-0.4, -0.2) is 30.3 Å². The molecule has 0 amide bonds. The van der Waals surface area contributed by atoms with Gasteiger partial charge in [0.05, 0.1) is 24.5 Å². The topological polar surface area (TPSA) is 97.6 Å². The van der Waals surface area contributed by atoms with Gasteiger partial charge in [0.2, 0.25) is 5.70 Å². The Bertz CT molecular complexity index is 601. The fourth-order valence-corrected chi connectivity index (χ4v) is 1.51. The number of benzene rings is 1. The number of aliphatic hydroxyl groups is 1. The van der Waals surface area contributed by atoms with Crippen LogP contribution in [0.2, 0.25) is 0 Å². The summed E-state index contributed by atoms with van der Waals surface area (Å²) in [4.78, 5) is 23.2. The molecule has 23 heavy (non-hydrogen) atoms. The summed E-state index contributed by atoms with van der Waals surface area (Å²) in [6, 6.07) is 6.21. The maximum Gasteiger partial charge on any atom is 0.362 e. The van der Waals surface area contributed by atoms with Gasteiger partial charge in [-0.3, -0.25) is 0 Å². The molecule has 0 aliphatic rings. The molecule has 7 heteroatoms. The first-order valence-corrected chi connectivity index (χ1v) is 7.25. The first-order chi connectivity index (χ1) is 11.0. The smallest absolute Gasteiger partial charge is 0.362 e. The second-order valence-corrected chi connectivity index (χ2v) is 4.54. The summed E-state index contributed by atoms with van der Waals surface area (Å²) in [5.74, 6) is -1.45. The maximum atomic E-state index is 11.7. The summed E-state index contributed by atoms with van der Waals surface area (Å²) in [6.07, 6.45) is 0.752. The first kappa shape index (κ1) is 18.3. The van der Waals surface area contributed by atoms with Crippen LogP contribution in [-0.2, 0) is 14.3 Å². The van der Waals surface area contributed by atoms with Gasteiger partial charge in [-0.25, -0.2) is 9.59 Å². The molecule has 1 rings (SSSR count). The van der Waals surface area contributed by atoms with Gasteiger partial charge >= 0.3 is 11.9 Å². The Morgan fingerprint density at radius 1 is 1.13 bits per heavy atom. The van der Waals surface area contributed by atoms with Gasteiger partial charge in [-0.05, 0) is 44.5 Å². The monoisotopic (exact) mass is 320 g/mol. The number of carbonyl (C=O) groups is 2.